The Hall–Kier alpha value is -0.820. The molecule has 14 heavy (non-hydrogen) atoms. The van der Waals surface area contributed by atoms with E-state index < -0.39 is 0 Å². The number of hydrogen-bond acceptors (Lipinski definition) is 1. The van der Waals surface area contributed by atoms with Crippen molar-refractivity contribution in [3.63, 3.8) is 0 Å². The summed E-state index contributed by atoms with van der Waals surface area (Å²) >= 11 is 0. The molecule has 0 heterocycles. The highest BCUT2D eigenvalue weighted by atomic mass is 14.9. The van der Waals surface area contributed by atoms with E-state index >= 15 is 0 Å². The number of allylic oxidation sites excluding steroid dienone is 2. The van der Waals surface area contributed by atoms with Gasteiger partial charge in [-0.1, -0.05) is 53.0 Å². The normalized spacial score (nSPS) is 12.3. The third-order valence-electron chi connectivity index (χ3n) is 2.13. The predicted octanol–water partition coefficient (Wildman–Crippen LogP) is 3.31. The van der Waals surface area contributed by atoms with Gasteiger partial charge in [0, 0.05) is 12.6 Å². The van der Waals surface area contributed by atoms with E-state index in [1.807, 2.05) is 12.2 Å². The van der Waals surface area contributed by atoms with Crippen molar-refractivity contribution in [1.82, 2.24) is 5.32 Å². The summed E-state index contributed by atoms with van der Waals surface area (Å²) < 4.78 is 0. The minimum Gasteiger partial charge on any atom is -0.310 e. The van der Waals surface area contributed by atoms with Crippen molar-refractivity contribution in [3.05, 3.63) is 36.5 Å². The topological polar surface area (TPSA) is 12.0 Å². The highest BCUT2D eigenvalue weighted by Crippen LogP contribution is 2.16. The van der Waals surface area contributed by atoms with Gasteiger partial charge in [0.05, 0.1) is 0 Å². The zero-order valence-electron chi connectivity index (χ0n) is 9.93. The Morgan fingerprint density at radius 3 is 2.21 bits per heavy atom. The zero-order valence-corrected chi connectivity index (χ0v) is 9.93. The van der Waals surface area contributed by atoms with Crippen LogP contribution in [0, 0.1) is 5.92 Å². The molecular weight excluding hydrogens is 170 g/mol. The van der Waals surface area contributed by atoms with Crippen molar-refractivity contribution >= 4 is 0 Å². The Balaban J connectivity index is 4.38. The van der Waals surface area contributed by atoms with Crippen molar-refractivity contribution in [3.8, 4) is 0 Å². The maximum absolute atomic E-state index is 4.10. The molecule has 0 aliphatic heterocycles. The first-order valence-corrected chi connectivity index (χ1v) is 5.23. The van der Waals surface area contributed by atoms with Crippen LogP contribution in [-0.4, -0.2) is 12.6 Å². The lowest BCUT2D eigenvalue weighted by Crippen LogP contribution is -2.25. The molecule has 0 aromatic rings. The molecule has 0 saturated carbocycles. The third kappa shape index (κ3) is 5.03. The van der Waals surface area contributed by atoms with Crippen molar-refractivity contribution in [2.75, 3.05) is 6.54 Å². The van der Waals surface area contributed by atoms with E-state index in [-0.39, 0.29) is 0 Å². The first-order chi connectivity index (χ1) is 6.49. The monoisotopic (exact) mass is 193 g/mol. The molecule has 1 N–H and O–H groups in total. The van der Waals surface area contributed by atoms with Crippen molar-refractivity contribution in [1.29, 1.82) is 0 Å². The van der Waals surface area contributed by atoms with Crippen LogP contribution in [0.1, 0.15) is 27.7 Å². The quantitative estimate of drug-likeness (QED) is 0.638. The Bertz CT molecular complexity index is 221. The average Bonchev–Trinajstić information content (AvgIpc) is 2.10. The van der Waals surface area contributed by atoms with Crippen LogP contribution in [0.25, 0.3) is 0 Å². The smallest absolute Gasteiger partial charge is 0.0210 e. The van der Waals surface area contributed by atoms with Gasteiger partial charge >= 0.3 is 0 Å². The molecule has 0 aromatic heterocycles. The second kappa shape index (κ2) is 6.61. The number of nitrogens with one attached hydrogen (secondary N) is 1. The van der Waals surface area contributed by atoms with Crippen LogP contribution in [0.4, 0.5) is 0 Å². The molecule has 1 heteroatoms. The molecule has 1 nitrogen and oxygen atoms in total. The van der Waals surface area contributed by atoms with Crippen LogP contribution < -0.4 is 5.32 Å². The molecule has 0 saturated heterocycles. The molecule has 0 aliphatic rings. The highest BCUT2D eigenvalue weighted by Gasteiger charge is 2.06. The summed E-state index contributed by atoms with van der Waals surface area (Å²) in [7, 11) is 0. The van der Waals surface area contributed by atoms with Gasteiger partial charge in [0.15, 0.2) is 0 Å². The van der Waals surface area contributed by atoms with E-state index in [0.29, 0.717) is 12.0 Å². The fraction of sp³-hybridized carbons (Fsp3) is 0.538. The van der Waals surface area contributed by atoms with Crippen molar-refractivity contribution in [2.45, 2.75) is 33.7 Å². The molecule has 0 atom stereocenters. The Labute approximate surface area is 88.6 Å². The highest BCUT2D eigenvalue weighted by molar-refractivity contribution is 5.33. The first-order valence-electron chi connectivity index (χ1n) is 5.23. The van der Waals surface area contributed by atoms with Crippen LogP contribution in [0.3, 0.4) is 0 Å². The largest absolute Gasteiger partial charge is 0.310 e. The minimum atomic E-state index is 0.496. The summed E-state index contributed by atoms with van der Waals surface area (Å²) in [6.45, 7) is 17.3. The summed E-state index contributed by atoms with van der Waals surface area (Å²) in [6.07, 6.45) is 3.86. The van der Waals surface area contributed by atoms with Crippen molar-refractivity contribution < 1.29 is 0 Å². The van der Waals surface area contributed by atoms with Gasteiger partial charge in [-0.2, -0.15) is 0 Å². The minimum absolute atomic E-state index is 0.496. The summed E-state index contributed by atoms with van der Waals surface area (Å²) in [6, 6.07) is 0.503. The van der Waals surface area contributed by atoms with Crippen LogP contribution in [-0.2, 0) is 0 Å². The van der Waals surface area contributed by atoms with E-state index in [1.165, 1.54) is 11.1 Å². The van der Waals surface area contributed by atoms with E-state index in [4.69, 9.17) is 0 Å². The molecule has 0 spiro atoms. The molecule has 0 amide bonds. The van der Waals surface area contributed by atoms with E-state index in [9.17, 15) is 0 Å². The molecule has 0 radical (unpaired) electrons. The molecule has 80 valence electrons. The van der Waals surface area contributed by atoms with Gasteiger partial charge in [-0.3, -0.25) is 0 Å². The molecule has 0 rings (SSSR count). The molecule has 0 unspecified atom stereocenters. The second-order valence-corrected chi connectivity index (χ2v) is 4.14. The SMILES string of the molecule is C=C/C=C(/CNC(C)C)C(=C)C(C)C. The van der Waals surface area contributed by atoms with Crippen molar-refractivity contribution in [2.24, 2.45) is 5.92 Å². The van der Waals surface area contributed by atoms with Crippen LogP contribution >= 0.6 is 0 Å². The summed E-state index contributed by atoms with van der Waals surface area (Å²) in [5, 5.41) is 3.39. The maximum atomic E-state index is 4.10. The summed E-state index contributed by atoms with van der Waals surface area (Å²) in [5.74, 6) is 0.496. The lowest BCUT2D eigenvalue weighted by molar-refractivity contribution is 0.616. The summed E-state index contributed by atoms with van der Waals surface area (Å²) in [5.41, 5.74) is 2.45. The predicted molar refractivity (Wildman–Crippen MR) is 65.4 cm³/mol. The van der Waals surface area contributed by atoms with Gasteiger partial charge in [-0.25, -0.2) is 0 Å². The lowest BCUT2D eigenvalue weighted by atomic mass is 9.96. The number of rotatable bonds is 6. The lowest BCUT2D eigenvalue weighted by Gasteiger charge is -2.16. The maximum Gasteiger partial charge on any atom is 0.0210 e. The Morgan fingerprint density at radius 2 is 1.86 bits per heavy atom. The van der Waals surface area contributed by atoms with E-state index in [0.717, 1.165) is 6.54 Å². The summed E-state index contributed by atoms with van der Waals surface area (Å²) in [4.78, 5) is 0. The molecule has 0 aliphatic carbocycles. The van der Waals surface area contributed by atoms with Gasteiger partial charge in [0.2, 0.25) is 0 Å². The van der Waals surface area contributed by atoms with E-state index in [2.05, 4.69) is 46.2 Å². The third-order valence-corrected chi connectivity index (χ3v) is 2.13. The fourth-order valence-electron chi connectivity index (χ4n) is 1.11. The molecular formula is C13H23N. The van der Waals surface area contributed by atoms with Crippen LogP contribution in [0.2, 0.25) is 0 Å². The van der Waals surface area contributed by atoms with Gasteiger partial charge < -0.3 is 5.32 Å². The van der Waals surface area contributed by atoms with Crippen LogP contribution in [0.15, 0.2) is 36.5 Å². The molecule has 0 fully saturated rings. The van der Waals surface area contributed by atoms with Crippen LogP contribution in [0.5, 0.6) is 0 Å². The fourth-order valence-corrected chi connectivity index (χ4v) is 1.11. The number of hydrogen-bond donors (Lipinski definition) is 1. The van der Waals surface area contributed by atoms with Gasteiger partial charge in [-0.15, -0.1) is 0 Å². The molecule has 0 aromatic carbocycles. The van der Waals surface area contributed by atoms with E-state index in [1.54, 1.807) is 0 Å². The standard InChI is InChI=1S/C13H23N/c1-7-8-13(9-14-11(4)5)12(6)10(2)3/h7-8,10-11,14H,1,6,9H2,2-5H3/b13-8-. The average molecular weight is 193 g/mol. The Kier molecular flexibility index (Phi) is 6.22. The molecule has 0 bridgehead atoms. The van der Waals surface area contributed by atoms with Gasteiger partial charge in [0.1, 0.15) is 0 Å². The van der Waals surface area contributed by atoms with Gasteiger partial charge in [-0.05, 0) is 17.1 Å². The second-order valence-electron chi connectivity index (χ2n) is 4.14. The van der Waals surface area contributed by atoms with Gasteiger partial charge in [0.25, 0.3) is 0 Å². The first kappa shape index (κ1) is 13.2. The zero-order chi connectivity index (χ0) is 11.1. The Morgan fingerprint density at radius 1 is 1.29 bits per heavy atom.